The second-order valence-corrected chi connectivity index (χ2v) is 5.46. The fourth-order valence-electron chi connectivity index (χ4n) is 2.71. The van der Waals surface area contributed by atoms with Crippen LogP contribution in [0.25, 0.3) is 6.08 Å². The lowest BCUT2D eigenvalue weighted by molar-refractivity contribution is 0.0948. The van der Waals surface area contributed by atoms with Gasteiger partial charge in [0.25, 0.3) is 0 Å². The number of carbonyl (C=O) groups is 1. The van der Waals surface area contributed by atoms with Crippen molar-refractivity contribution in [2.75, 3.05) is 0 Å². The van der Waals surface area contributed by atoms with Gasteiger partial charge in [-0.2, -0.15) is 0 Å². The zero-order chi connectivity index (χ0) is 15.8. The van der Waals surface area contributed by atoms with E-state index >= 15 is 0 Å². The number of furan rings is 2. The third kappa shape index (κ3) is 2.38. The van der Waals surface area contributed by atoms with Gasteiger partial charge < -0.3 is 13.6 Å². The van der Waals surface area contributed by atoms with Gasteiger partial charge in [0.05, 0.1) is 23.7 Å². The van der Waals surface area contributed by atoms with E-state index in [2.05, 4.69) is 0 Å². The minimum absolute atomic E-state index is 0.0762. The smallest absolute Gasteiger partial charge is 0.197 e. The highest BCUT2D eigenvalue weighted by Crippen LogP contribution is 2.39. The molecular weight excluding hydrogens is 292 g/mol. The maximum Gasteiger partial charge on any atom is 0.197 e. The summed E-state index contributed by atoms with van der Waals surface area (Å²) in [6.07, 6.45) is 4.26. The molecule has 1 aliphatic heterocycles. The van der Waals surface area contributed by atoms with Crippen LogP contribution in [-0.4, -0.2) is 5.78 Å². The van der Waals surface area contributed by atoms with Gasteiger partial charge in [0.15, 0.2) is 11.9 Å². The molecule has 23 heavy (non-hydrogen) atoms. The highest BCUT2D eigenvalue weighted by Gasteiger charge is 2.34. The first-order valence-corrected chi connectivity index (χ1v) is 7.33. The van der Waals surface area contributed by atoms with Crippen LogP contribution in [0.2, 0.25) is 0 Å². The van der Waals surface area contributed by atoms with E-state index in [1.807, 2.05) is 25.1 Å². The highest BCUT2D eigenvalue weighted by molar-refractivity contribution is 6.14. The zero-order valence-corrected chi connectivity index (χ0v) is 12.5. The van der Waals surface area contributed by atoms with Gasteiger partial charge in [0, 0.05) is 0 Å². The van der Waals surface area contributed by atoms with Crippen molar-refractivity contribution < 1.29 is 18.4 Å². The van der Waals surface area contributed by atoms with Crippen molar-refractivity contribution in [2.24, 2.45) is 0 Å². The molecule has 4 rings (SSSR count). The van der Waals surface area contributed by atoms with E-state index in [9.17, 15) is 4.79 Å². The maximum atomic E-state index is 13.0. The minimum Gasteiger partial charge on any atom is -0.477 e. The Bertz CT molecular complexity index is 870. The molecule has 0 radical (unpaired) electrons. The van der Waals surface area contributed by atoms with Crippen molar-refractivity contribution in [3.05, 3.63) is 83.2 Å². The lowest BCUT2D eigenvalue weighted by atomic mass is 9.92. The van der Waals surface area contributed by atoms with Crippen LogP contribution < -0.4 is 4.74 Å². The molecule has 0 N–H and O–H groups in total. The number of aryl methyl sites for hydroxylation is 1. The predicted molar refractivity (Wildman–Crippen MR) is 84.3 cm³/mol. The quantitative estimate of drug-likeness (QED) is 0.650. The standard InChI is InChI=1S/C19H14O4/c1-12-6-7-16-14(10-12)18(20)15(11-13-4-2-8-21-13)19(23-16)17-5-3-9-22-17/h2-11,19H,1H3/b15-11+. The van der Waals surface area contributed by atoms with Crippen LogP contribution in [0.15, 0.2) is 69.4 Å². The number of fused-ring (bicyclic) bond motifs is 1. The molecule has 0 saturated heterocycles. The Morgan fingerprint density at radius 2 is 1.87 bits per heavy atom. The van der Waals surface area contributed by atoms with E-state index in [-0.39, 0.29) is 5.78 Å². The molecule has 4 nitrogen and oxygen atoms in total. The molecule has 0 saturated carbocycles. The molecule has 0 fully saturated rings. The third-order valence-corrected chi connectivity index (χ3v) is 3.81. The monoisotopic (exact) mass is 306 g/mol. The Hall–Kier alpha value is -3.01. The number of ketones is 1. The molecular formula is C19H14O4. The second-order valence-electron chi connectivity index (χ2n) is 5.46. The molecule has 2 aromatic heterocycles. The van der Waals surface area contributed by atoms with E-state index < -0.39 is 6.10 Å². The van der Waals surface area contributed by atoms with Gasteiger partial charge in [0.1, 0.15) is 17.3 Å². The van der Waals surface area contributed by atoms with Crippen molar-refractivity contribution in [1.82, 2.24) is 0 Å². The van der Waals surface area contributed by atoms with Crippen LogP contribution in [0.4, 0.5) is 0 Å². The van der Waals surface area contributed by atoms with Crippen molar-refractivity contribution >= 4 is 11.9 Å². The number of carbonyl (C=O) groups excluding carboxylic acids is 1. The molecule has 4 heteroatoms. The number of rotatable bonds is 2. The SMILES string of the molecule is Cc1ccc2c(c1)C(=O)/C(=C\c1ccco1)C(c1ccco1)O2. The van der Waals surface area contributed by atoms with E-state index in [4.69, 9.17) is 13.6 Å². The summed E-state index contributed by atoms with van der Waals surface area (Å²) < 4.78 is 16.8. The highest BCUT2D eigenvalue weighted by atomic mass is 16.5. The molecule has 1 atom stereocenters. The van der Waals surface area contributed by atoms with E-state index in [0.29, 0.717) is 28.4 Å². The number of benzene rings is 1. The van der Waals surface area contributed by atoms with Crippen LogP contribution in [0.5, 0.6) is 5.75 Å². The summed E-state index contributed by atoms with van der Waals surface area (Å²) in [4.78, 5) is 13.0. The third-order valence-electron chi connectivity index (χ3n) is 3.81. The fourth-order valence-corrected chi connectivity index (χ4v) is 2.71. The molecule has 1 aromatic carbocycles. The first kappa shape index (κ1) is 13.6. The van der Waals surface area contributed by atoms with Crippen molar-refractivity contribution in [2.45, 2.75) is 13.0 Å². The lowest BCUT2D eigenvalue weighted by Crippen LogP contribution is -2.23. The summed E-state index contributed by atoms with van der Waals surface area (Å²) in [6, 6.07) is 12.7. The van der Waals surface area contributed by atoms with Gasteiger partial charge in [-0.1, -0.05) is 11.6 Å². The first-order chi connectivity index (χ1) is 11.2. The first-order valence-electron chi connectivity index (χ1n) is 7.33. The van der Waals surface area contributed by atoms with Crippen LogP contribution in [0.3, 0.4) is 0 Å². The van der Waals surface area contributed by atoms with Crippen molar-refractivity contribution in [3.63, 3.8) is 0 Å². The Morgan fingerprint density at radius 1 is 1.04 bits per heavy atom. The number of hydrogen-bond donors (Lipinski definition) is 0. The topological polar surface area (TPSA) is 52.6 Å². The molecule has 0 bridgehead atoms. The normalized spacial score (nSPS) is 18.7. The van der Waals surface area contributed by atoms with E-state index in [0.717, 1.165) is 5.56 Å². The summed E-state index contributed by atoms with van der Waals surface area (Å²) in [5, 5.41) is 0. The van der Waals surface area contributed by atoms with Crippen molar-refractivity contribution in [1.29, 1.82) is 0 Å². The van der Waals surface area contributed by atoms with E-state index in [1.165, 1.54) is 0 Å². The minimum atomic E-state index is -0.585. The molecule has 114 valence electrons. The number of hydrogen-bond acceptors (Lipinski definition) is 4. The molecule has 0 amide bonds. The van der Waals surface area contributed by atoms with Gasteiger partial charge >= 0.3 is 0 Å². The molecule has 3 aromatic rings. The molecule has 3 heterocycles. The summed E-state index contributed by atoms with van der Waals surface area (Å²) >= 11 is 0. The van der Waals surface area contributed by atoms with Gasteiger partial charge in [0.2, 0.25) is 0 Å². The summed E-state index contributed by atoms with van der Waals surface area (Å²) in [7, 11) is 0. The predicted octanol–water partition coefficient (Wildman–Crippen LogP) is 4.58. The largest absolute Gasteiger partial charge is 0.477 e. The molecule has 1 aliphatic rings. The van der Waals surface area contributed by atoms with Gasteiger partial charge in [-0.15, -0.1) is 0 Å². The van der Waals surface area contributed by atoms with Crippen LogP contribution >= 0.6 is 0 Å². The van der Waals surface area contributed by atoms with Crippen LogP contribution in [0, 0.1) is 6.92 Å². The number of ether oxygens (including phenoxy) is 1. The Morgan fingerprint density at radius 3 is 2.61 bits per heavy atom. The zero-order valence-electron chi connectivity index (χ0n) is 12.5. The van der Waals surface area contributed by atoms with Gasteiger partial charge in [-0.05, 0) is 49.4 Å². The van der Waals surface area contributed by atoms with Crippen LogP contribution in [0.1, 0.15) is 33.5 Å². The number of Topliss-reactive ketones (excluding diaryl/α,β-unsaturated/α-hetero) is 1. The molecule has 0 aliphatic carbocycles. The summed E-state index contributed by atoms with van der Waals surface area (Å²) in [5.74, 6) is 1.68. The fraction of sp³-hybridized carbons (Fsp3) is 0.105. The van der Waals surface area contributed by atoms with Gasteiger partial charge in [-0.3, -0.25) is 4.79 Å². The second kappa shape index (κ2) is 5.32. The average Bonchev–Trinajstić information content (AvgIpc) is 3.24. The Balaban J connectivity index is 1.87. The van der Waals surface area contributed by atoms with Gasteiger partial charge in [-0.25, -0.2) is 0 Å². The summed E-state index contributed by atoms with van der Waals surface area (Å²) in [5.41, 5.74) is 2.06. The average molecular weight is 306 g/mol. The molecule has 0 spiro atoms. The van der Waals surface area contributed by atoms with Crippen LogP contribution in [-0.2, 0) is 0 Å². The van der Waals surface area contributed by atoms with E-state index in [1.54, 1.807) is 42.9 Å². The lowest BCUT2D eigenvalue weighted by Gasteiger charge is -2.26. The van der Waals surface area contributed by atoms with Crippen molar-refractivity contribution in [3.8, 4) is 5.75 Å². The summed E-state index contributed by atoms with van der Waals surface area (Å²) in [6.45, 7) is 1.95. The Labute approximate surface area is 133 Å². The Kier molecular flexibility index (Phi) is 3.15. The molecule has 1 unspecified atom stereocenters. The maximum absolute atomic E-state index is 13.0.